The maximum absolute atomic E-state index is 13.7. The SMILES string of the molecule is CCCCc1nc2c(N)nc3ccccc3c2n1Cc1ccc(NC(=O)C(CCCNC(N)=O)NC(=O)C(NC(=O)CCCCCN2C(=O)C=CC2=O)C(C)C)cc1. The molecule has 1 aliphatic heterocycles. The second-order valence-corrected chi connectivity index (χ2v) is 14.9. The van der Waals surface area contributed by atoms with Crippen LogP contribution in [0.15, 0.2) is 60.7 Å². The molecule has 2 atom stereocenters. The first kappa shape index (κ1) is 42.8. The molecule has 16 heteroatoms. The van der Waals surface area contributed by atoms with Crippen LogP contribution in [0.3, 0.4) is 0 Å². The normalized spacial score (nSPS) is 13.6. The van der Waals surface area contributed by atoms with E-state index in [4.69, 9.17) is 16.5 Å². The maximum Gasteiger partial charge on any atom is 0.312 e. The van der Waals surface area contributed by atoms with Crippen LogP contribution in [0.2, 0.25) is 0 Å². The molecular formula is C42H54N10O6. The second kappa shape index (κ2) is 20.2. The minimum atomic E-state index is -0.990. The molecule has 8 N–H and O–H groups in total. The number of hydrogen-bond donors (Lipinski definition) is 6. The number of anilines is 2. The van der Waals surface area contributed by atoms with E-state index in [1.165, 1.54) is 12.2 Å². The molecule has 2 unspecified atom stereocenters. The van der Waals surface area contributed by atoms with Gasteiger partial charge in [0.15, 0.2) is 5.82 Å². The van der Waals surface area contributed by atoms with E-state index < -0.39 is 29.9 Å². The van der Waals surface area contributed by atoms with Gasteiger partial charge in [-0.15, -0.1) is 0 Å². The largest absolute Gasteiger partial charge is 0.382 e. The van der Waals surface area contributed by atoms with E-state index in [1.54, 1.807) is 26.0 Å². The molecule has 58 heavy (non-hydrogen) atoms. The van der Waals surface area contributed by atoms with Crippen molar-refractivity contribution in [3.8, 4) is 0 Å². The Morgan fingerprint density at radius 2 is 1.57 bits per heavy atom. The zero-order valence-electron chi connectivity index (χ0n) is 33.4. The third-order valence-electron chi connectivity index (χ3n) is 10.1. The molecule has 4 aromatic rings. The first-order valence-electron chi connectivity index (χ1n) is 20.0. The number of imidazole rings is 1. The molecule has 1 aliphatic rings. The smallest absolute Gasteiger partial charge is 0.312 e. The Labute approximate surface area is 337 Å². The minimum absolute atomic E-state index is 0.147. The number of aromatic nitrogens is 3. The van der Waals surface area contributed by atoms with Crippen LogP contribution in [0.4, 0.5) is 16.3 Å². The molecule has 308 valence electrons. The number of rotatable bonds is 21. The number of fused-ring (bicyclic) bond motifs is 3. The van der Waals surface area contributed by atoms with Gasteiger partial charge in [0.25, 0.3) is 11.8 Å². The molecule has 0 spiro atoms. The minimum Gasteiger partial charge on any atom is -0.382 e. The Bertz CT molecular complexity index is 2140. The number of pyridine rings is 1. The van der Waals surface area contributed by atoms with Gasteiger partial charge >= 0.3 is 6.03 Å². The zero-order chi connectivity index (χ0) is 41.8. The predicted octanol–water partition coefficient (Wildman–Crippen LogP) is 4.06. The number of nitrogen functional groups attached to an aromatic ring is 1. The summed E-state index contributed by atoms with van der Waals surface area (Å²) in [6.07, 6.45) is 7.57. The number of nitrogens with zero attached hydrogens (tertiary/aromatic N) is 4. The van der Waals surface area contributed by atoms with Crippen LogP contribution in [-0.4, -0.2) is 80.2 Å². The van der Waals surface area contributed by atoms with Gasteiger partial charge in [0.05, 0.1) is 11.0 Å². The molecule has 0 saturated heterocycles. The standard InChI is InChI=1S/C42H54N10O6/c1-4-5-15-32-49-37-38(29-12-8-9-13-30(29)47-39(37)43)52(32)25-27-17-19-28(20-18-27)46-40(56)31(14-11-23-45-42(44)58)48-41(57)36(26(2)3)50-33(53)16-7-6-10-24-51-34(54)21-22-35(51)55/h8-9,12-13,17-22,26,31,36H,4-7,10-11,14-16,23-25H2,1-3H3,(H2,43,47)(H,46,56)(H,48,57)(H,50,53)(H3,44,45,58). The van der Waals surface area contributed by atoms with Crippen molar-refractivity contribution in [3.05, 3.63) is 72.1 Å². The van der Waals surface area contributed by atoms with Crippen molar-refractivity contribution >= 4 is 69.0 Å². The van der Waals surface area contributed by atoms with E-state index >= 15 is 0 Å². The van der Waals surface area contributed by atoms with Gasteiger partial charge in [0, 0.05) is 55.7 Å². The summed E-state index contributed by atoms with van der Waals surface area (Å²) in [4.78, 5) is 85.6. The summed E-state index contributed by atoms with van der Waals surface area (Å²) in [5, 5.41) is 12.0. The fourth-order valence-corrected chi connectivity index (χ4v) is 6.92. The van der Waals surface area contributed by atoms with E-state index in [-0.39, 0.29) is 49.6 Å². The van der Waals surface area contributed by atoms with Crippen molar-refractivity contribution in [3.63, 3.8) is 0 Å². The number of hydrogen-bond acceptors (Lipinski definition) is 9. The predicted molar refractivity (Wildman–Crippen MR) is 222 cm³/mol. The quantitative estimate of drug-likeness (QED) is 0.0526. The summed E-state index contributed by atoms with van der Waals surface area (Å²) >= 11 is 0. The van der Waals surface area contributed by atoms with Gasteiger partial charge in [0.2, 0.25) is 17.7 Å². The number of carbonyl (C=O) groups excluding carboxylic acids is 6. The number of urea groups is 1. The summed E-state index contributed by atoms with van der Waals surface area (Å²) in [7, 11) is 0. The van der Waals surface area contributed by atoms with Crippen LogP contribution >= 0.6 is 0 Å². The van der Waals surface area contributed by atoms with Crippen LogP contribution in [-0.2, 0) is 36.9 Å². The Morgan fingerprint density at radius 3 is 2.26 bits per heavy atom. The summed E-state index contributed by atoms with van der Waals surface area (Å²) in [5.41, 5.74) is 15.5. The number of amides is 7. The van der Waals surface area contributed by atoms with Crippen molar-refractivity contribution in [2.75, 3.05) is 24.1 Å². The van der Waals surface area contributed by atoms with Crippen molar-refractivity contribution in [2.45, 2.75) is 97.2 Å². The van der Waals surface area contributed by atoms with Crippen molar-refractivity contribution in [2.24, 2.45) is 11.7 Å². The van der Waals surface area contributed by atoms with Crippen LogP contribution in [0.5, 0.6) is 0 Å². The average Bonchev–Trinajstić information content (AvgIpc) is 3.72. The number of unbranched alkanes of at least 4 members (excludes halogenated alkanes) is 3. The lowest BCUT2D eigenvalue weighted by molar-refractivity contribution is -0.137. The lowest BCUT2D eigenvalue weighted by Crippen LogP contribution is -2.54. The van der Waals surface area contributed by atoms with E-state index in [0.717, 1.165) is 52.0 Å². The highest BCUT2D eigenvalue weighted by molar-refractivity contribution is 6.13. The van der Waals surface area contributed by atoms with Crippen LogP contribution in [0.1, 0.15) is 83.5 Å². The summed E-state index contributed by atoms with van der Waals surface area (Å²) in [6, 6.07) is 12.7. The van der Waals surface area contributed by atoms with Crippen LogP contribution in [0, 0.1) is 5.92 Å². The summed E-state index contributed by atoms with van der Waals surface area (Å²) in [5.74, 6) is -0.979. The molecule has 0 bridgehead atoms. The molecule has 0 radical (unpaired) electrons. The number of nitrogens with two attached hydrogens (primary N) is 2. The molecule has 2 aromatic carbocycles. The summed E-state index contributed by atoms with van der Waals surface area (Å²) < 4.78 is 2.19. The number of primary amides is 1. The fraction of sp³-hybridized carbons (Fsp3) is 0.429. The van der Waals surface area contributed by atoms with E-state index in [2.05, 4.69) is 37.7 Å². The molecule has 0 fully saturated rings. The van der Waals surface area contributed by atoms with E-state index in [0.29, 0.717) is 49.2 Å². The maximum atomic E-state index is 13.7. The molecule has 5 rings (SSSR count). The highest BCUT2D eigenvalue weighted by atomic mass is 16.2. The van der Waals surface area contributed by atoms with Crippen molar-refractivity contribution in [1.29, 1.82) is 0 Å². The van der Waals surface area contributed by atoms with Gasteiger partial charge in [-0.25, -0.2) is 14.8 Å². The number of aryl methyl sites for hydroxylation is 1. The second-order valence-electron chi connectivity index (χ2n) is 14.9. The molecule has 0 aliphatic carbocycles. The Balaban J connectivity index is 1.23. The van der Waals surface area contributed by atoms with Crippen LogP contribution < -0.4 is 32.7 Å². The highest BCUT2D eigenvalue weighted by Crippen LogP contribution is 2.30. The highest BCUT2D eigenvalue weighted by Gasteiger charge is 2.29. The number of imide groups is 1. The third kappa shape index (κ3) is 11.2. The topological polar surface area (TPSA) is 237 Å². The Hall–Kier alpha value is -6.32. The third-order valence-corrected chi connectivity index (χ3v) is 10.1. The van der Waals surface area contributed by atoms with Gasteiger partial charge in [-0.2, -0.15) is 0 Å². The first-order chi connectivity index (χ1) is 27.9. The first-order valence-corrected chi connectivity index (χ1v) is 20.0. The number of benzene rings is 2. The molecule has 7 amide bonds. The van der Waals surface area contributed by atoms with Crippen molar-refractivity contribution < 1.29 is 28.8 Å². The molecule has 2 aromatic heterocycles. The van der Waals surface area contributed by atoms with E-state index in [1.807, 2.05) is 36.4 Å². The number of para-hydroxylation sites is 1. The zero-order valence-corrected chi connectivity index (χ0v) is 33.4. The van der Waals surface area contributed by atoms with Crippen molar-refractivity contribution in [1.82, 2.24) is 35.4 Å². The van der Waals surface area contributed by atoms with Gasteiger partial charge in [0.1, 0.15) is 23.4 Å². The van der Waals surface area contributed by atoms with Gasteiger partial charge in [-0.05, 0) is 61.8 Å². The van der Waals surface area contributed by atoms with Gasteiger partial charge in [-0.1, -0.05) is 63.9 Å². The molecule has 16 nitrogen and oxygen atoms in total. The fourth-order valence-electron chi connectivity index (χ4n) is 6.92. The molecule has 0 saturated carbocycles. The number of carbonyl (C=O) groups is 6. The van der Waals surface area contributed by atoms with Gasteiger partial charge < -0.3 is 37.3 Å². The van der Waals surface area contributed by atoms with E-state index in [9.17, 15) is 28.8 Å². The van der Waals surface area contributed by atoms with Gasteiger partial charge in [-0.3, -0.25) is 28.9 Å². The number of nitrogens with one attached hydrogen (secondary N) is 4. The molecule has 3 heterocycles. The lowest BCUT2D eigenvalue weighted by atomic mass is 10.0. The Kier molecular flexibility index (Phi) is 14.9. The average molecular weight is 795 g/mol. The molecular weight excluding hydrogens is 741 g/mol. The lowest BCUT2D eigenvalue weighted by Gasteiger charge is -2.25. The Morgan fingerprint density at radius 1 is 0.845 bits per heavy atom. The van der Waals surface area contributed by atoms with Crippen LogP contribution in [0.25, 0.3) is 21.9 Å². The summed E-state index contributed by atoms with van der Waals surface area (Å²) in [6.45, 7) is 6.72. The monoisotopic (exact) mass is 794 g/mol.